The van der Waals surface area contributed by atoms with Crippen LogP contribution in [0, 0.1) is 5.41 Å². The predicted octanol–water partition coefficient (Wildman–Crippen LogP) is 18.5. The third-order valence-corrected chi connectivity index (χ3v) is 16.2. The number of benzene rings is 7. The van der Waals surface area contributed by atoms with E-state index in [-0.39, 0.29) is 14.9 Å². The van der Waals surface area contributed by atoms with Crippen molar-refractivity contribution in [3.63, 3.8) is 0 Å². The second-order valence-electron chi connectivity index (χ2n) is 21.0. The fraction of sp³-hybridized carbons (Fsp3) is 0.215. The number of esters is 3. The summed E-state index contributed by atoms with van der Waals surface area (Å²) in [6.07, 6.45) is 7.85. The molecule has 76 heavy (non-hydrogen) atoms. The second-order valence-corrected chi connectivity index (χ2v) is 28.1. The Labute approximate surface area is 471 Å². The van der Waals surface area contributed by atoms with Gasteiger partial charge in [0.05, 0.1) is 0 Å². The number of carbonyl (C=O) groups excluding carboxylic acids is 3. The number of allylic oxidation sites excluding steroid dienone is 1. The molecule has 390 valence electrons. The first-order chi connectivity index (χ1) is 36.0. The molecule has 7 aromatic carbocycles. The number of rotatable bonds is 18. The molecule has 0 saturated heterocycles. The van der Waals surface area contributed by atoms with Crippen LogP contribution in [-0.2, 0) is 19.8 Å². The van der Waals surface area contributed by atoms with Crippen LogP contribution in [0.25, 0.3) is 6.08 Å². The molecule has 0 saturated carbocycles. The molecule has 0 amide bonds. The zero-order valence-corrected chi connectivity index (χ0v) is 48.7. The Kier molecular flexibility index (Phi) is 19.6. The van der Waals surface area contributed by atoms with Gasteiger partial charge in [0.25, 0.3) is 0 Å². The van der Waals surface area contributed by atoms with Crippen LogP contribution >= 0.6 is 58.8 Å². The van der Waals surface area contributed by atoms with Crippen molar-refractivity contribution < 1.29 is 28.6 Å². The molecule has 7 rings (SSSR count). The van der Waals surface area contributed by atoms with Crippen LogP contribution in [-0.4, -0.2) is 27.4 Å². The minimum absolute atomic E-state index is 0.157. The van der Waals surface area contributed by atoms with Crippen molar-refractivity contribution in [3.05, 3.63) is 222 Å². The molecule has 0 fully saturated rings. The summed E-state index contributed by atoms with van der Waals surface area (Å²) in [5.74, 6) is -0.257. The summed E-state index contributed by atoms with van der Waals surface area (Å²) in [4.78, 5) is 46.8. The summed E-state index contributed by atoms with van der Waals surface area (Å²) in [7, 11) is 0. The maximum Gasteiger partial charge on any atom is 0.336 e. The van der Waals surface area contributed by atoms with Gasteiger partial charge in [0, 0.05) is 67.4 Å². The van der Waals surface area contributed by atoms with Gasteiger partial charge in [-0.15, -0.1) is 23.5 Å². The molecule has 1 atom stereocenters. The van der Waals surface area contributed by atoms with Gasteiger partial charge in [-0.3, -0.25) is 0 Å². The molecule has 0 bridgehead atoms. The quantitative estimate of drug-likeness (QED) is 0.0271. The van der Waals surface area contributed by atoms with Gasteiger partial charge in [-0.05, 0) is 167 Å². The molecule has 0 aliphatic carbocycles. The van der Waals surface area contributed by atoms with Crippen LogP contribution in [0.15, 0.2) is 234 Å². The number of ether oxygens (including phenoxy) is 3. The standard InChI is InChI=1S/C65H64O6S5/c1-62(2,3)43-41-60(67)70-50-22-16-47(17-23-50)65(10,46-14-20-49(21-15-46)69-59(66)40-13-45-11-26-53(27-12-45)73-55-32-36-57(37-33-55)75-63(4,5)6)48-18-24-51(25-19-48)71-61(68)42-44-72-52-28-30-54(31-29-52)74-56-34-38-58(39-35-56)76-64(7,8)9/h11-44H,1-10H3/b40-13+,43-41+,44-42+. The molecule has 0 aromatic heterocycles. The monoisotopic (exact) mass is 1100 g/mol. The molecule has 0 aliphatic heterocycles. The first kappa shape index (κ1) is 57.6. The molecule has 0 radical (unpaired) electrons. The molecule has 11 heteroatoms. The lowest BCUT2D eigenvalue weighted by Crippen LogP contribution is -2.25. The summed E-state index contributed by atoms with van der Waals surface area (Å²) in [5, 5.41) is 1.73. The highest BCUT2D eigenvalue weighted by molar-refractivity contribution is 8.02. The Morgan fingerprint density at radius 1 is 0.368 bits per heavy atom. The maximum absolute atomic E-state index is 13.1. The van der Waals surface area contributed by atoms with E-state index in [0.717, 1.165) is 41.8 Å². The van der Waals surface area contributed by atoms with E-state index in [0.29, 0.717) is 17.2 Å². The van der Waals surface area contributed by atoms with Gasteiger partial charge < -0.3 is 14.2 Å². The molecule has 1 unspecified atom stereocenters. The van der Waals surface area contributed by atoms with E-state index in [4.69, 9.17) is 14.2 Å². The van der Waals surface area contributed by atoms with Gasteiger partial charge in [-0.1, -0.05) is 152 Å². The summed E-state index contributed by atoms with van der Waals surface area (Å²) >= 11 is 8.55. The van der Waals surface area contributed by atoms with Gasteiger partial charge in [0.15, 0.2) is 0 Å². The van der Waals surface area contributed by atoms with Crippen molar-refractivity contribution in [3.8, 4) is 17.2 Å². The van der Waals surface area contributed by atoms with E-state index in [1.165, 1.54) is 44.7 Å². The SMILES string of the molecule is CC(C)(C)/C=C/C(=O)Oc1ccc(C(C)(c2ccc(OC(=O)/C=C/Sc3ccc(Sc4ccc(SC(C)(C)C)cc4)cc3)cc2)c2ccc(OC(=O)/C=C/c3ccc(Sc4ccc(SC(C)(C)C)cc4)cc3)cc2)cc1. The van der Waals surface area contributed by atoms with Crippen molar-refractivity contribution >= 4 is 82.8 Å². The lowest BCUT2D eigenvalue weighted by Gasteiger charge is -2.32. The van der Waals surface area contributed by atoms with E-state index in [1.807, 2.05) is 123 Å². The number of thioether (sulfide) groups is 3. The fourth-order valence-electron chi connectivity index (χ4n) is 7.53. The van der Waals surface area contributed by atoms with Gasteiger partial charge in [-0.25, -0.2) is 14.4 Å². The van der Waals surface area contributed by atoms with Crippen LogP contribution in [0.3, 0.4) is 0 Å². The summed E-state index contributed by atoms with van der Waals surface area (Å²) < 4.78 is 17.4. The number of carbonyl (C=O) groups is 3. The van der Waals surface area contributed by atoms with Crippen LogP contribution in [0.2, 0.25) is 0 Å². The Bertz CT molecular complexity index is 3140. The summed E-state index contributed by atoms with van der Waals surface area (Å²) in [6.45, 7) is 21.4. The van der Waals surface area contributed by atoms with Crippen molar-refractivity contribution in [2.75, 3.05) is 0 Å². The molecule has 0 heterocycles. The Morgan fingerprint density at radius 3 is 1.04 bits per heavy atom. The zero-order valence-electron chi connectivity index (χ0n) is 44.6. The van der Waals surface area contributed by atoms with Gasteiger partial charge in [0.1, 0.15) is 17.2 Å². The zero-order chi connectivity index (χ0) is 54.5. The molecule has 0 N–H and O–H groups in total. The van der Waals surface area contributed by atoms with Crippen molar-refractivity contribution in [2.24, 2.45) is 5.41 Å². The molecule has 0 aliphatic rings. The van der Waals surface area contributed by atoms with Crippen LogP contribution in [0.5, 0.6) is 17.2 Å². The van der Waals surface area contributed by atoms with E-state index in [2.05, 4.69) is 109 Å². The van der Waals surface area contributed by atoms with Crippen LogP contribution < -0.4 is 14.2 Å². The fourth-order valence-corrected chi connectivity index (χ4v) is 11.8. The highest BCUT2D eigenvalue weighted by atomic mass is 32.2. The largest absolute Gasteiger partial charge is 0.423 e. The third kappa shape index (κ3) is 18.3. The first-order valence-electron chi connectivity index (χ1n) is 24.9. The lowest BCUT2D eigenvalue weighted by atomic mass is 9.71. The first-order valence-corrected chi connectivity index (χ1v) is 29.0. The minimum Gasteiger partial charge on any atom is -0.423 e. The van der Waals surface area contributed by atoms with Crippen molar-refractivity contribution in [2.45, 2.75) is 118 Å². The van der Waals surface area contributed by atoms with Crippen molar-refractivity contribution in [1.82, 2.24) is 0 Å². The Balaban J connectivity index is 0.988. The van der Waals surface area contributed by atoms with Gasteiger partial charge in [0.2, 0.25) is 0 Å². The number of hydrogen-bond acceptors (Lipinski definition) is 11. The van der Waals surface area contributed by atoms with Crippen LogP contribution in [0.4, 0.5) is 0 Å². The van der Waals surface area contributed by atoms with E-state index in [9.17, 15) is 14.4 Å². The van der Waals surface area contributed by atoms with Gasteiger partial charge in [-0.2, -0.15) is 0 Å². The van der Waals surface area contributed by atoms with Crippen molar-refractivity contribution in [1.29, 1.82) is 0 Å². The van der Waals surface area contributed by atoms with E-state index in [1.54, 1.807) is 71.4 Å². The average molecular weight is 1100 g/mol. The molecular weight excluding hydrogens is 1040 g/mol. The number of hydrogen-bond donors (Lipinski definition) is 0. The molecule has 7 aromatic rings. The average Bonchev–Trinajstić information content (AvgIpc) is 3.39. The Morgan fingerprint density at radius 2 is 0.684 bits per heavy atom. The molecule has 0 spiro atoms. The van der Waals surface area contributed by atoms with E-state index < -0.39 is 23.3 Å². The normalized spacial score (nSPS) is 13.0. The van der Waals surface area contributed by atoms with Crippen LogP contribution in [0.1, 0.15) is 91.5 Å². The summed E-state index contributed by atoms with van der Waals surface area (Å²) in [5.41, 5.74) is 2.67. The molecule has 6 nitrogen and oxygen atoms in total. The highest BCUT2D eigenvalue weighted by Crippen LogP contribution is 2.42. The Hall–Kier alpha value is -6.08. The summed E-state index contributed by atoms with van der Waals surface area (Å²) in [6, 6.07) is 55.8. The molecular formula is C65H64O6S5. The topological polar surface area (TPSA) is 78.9 Å². The smallest absolute Gasteiger partial charge is 0.336 e. The second kappa shape index (κ2) is 25.8. The highest BCUT2D eigenvalue weighted by Gasteiger charge is 2.32. The lowest BCUT2D eigenvalue weighted by molar-refractivity contribution is -0.129. The third-order valence-electron chi connectivity index (χ3n) is 11.2. The van der Waals surface area contributed by atoms with Gasteiger partial charge >= 0.3 is 17.9 Å². The predicted molar refractivity (Wildman–Crippen MR) is 320 cm³/mol. The van der Waals surface area contributed by atoms with E-state index >= 15 is 0 Å². The maximum atomic E-state index is 13.1. The minimum atomic E-state index is -0.751.